The summed E-state index contributed by atoms with van der Waals surface area (Å²) in [6.07, 6.45) is 0.853. The highest BCUT2D eigenvalue weighted by Crippen LogP contribution is 2.18. The number of aromatic nitrogens is 2. The van der Waals surface area contributed by atoms with E-state index in [1.807, 2.05) is 18.2 Å². The SMILES string of the molecule is Nc1ccc2nc(Cc3cccs3)[nH]c2c1. The zero-order chi connectivity index (χ0) is 11.0. The van der Waals surface area contributed by atoms with E-state index < -0.39 is 0 Å². The Morgan fingerprint density at radius 2 is 2.25 bits per heavy atom. The molecule has 0 fully saturated rings. The van der Waals surface area contributed by atoms with Crippen molar-refractivity contribution in [3.8, 4) is 0 Å². The van der Waals surface area contributed by atoms with Crippen LogP contribution in [-0.4, -0.2) is 9.97 Å². The van der Waals surface area contributed by atoms with Gasteiger partial charge in [-0.05, 0) is 29.6 Å². The van der Waals surface area contributed by atoms with Crippen molar-refractivity contribution in [2.75, 3.05) is 5.73 Å². The maximum atomic E-state index is 5.72. The summed E-state index contributed by atoms with van der Waals surface area (Å²) in [5, 5.41) is 2.08. The second kappa shape index (κ2) is 3.64. The largest absolute Gasteiger partial charge is 0.399 e. The third-order valence-electron chi connectivity index (χ3n) is 2.48. The molecule has 4 heteroatoms. The third-order valence-corrected chi connectivity index (χ3v) is 3.35. The summed E-state index contributed by atoms with van der Waals surface area (Å²) in [4.78, 5) is 9.13. The first kappa shape index (κ1) is 9.42. The van der Waals surface area contributed by atoms with Crippen LogP contribution in [0.4, 0.5) is 5.69 Å². The van der Waals surface area contributed by atoms with Crippen molar-refractivity contribution in [2.45, 2.75) is 6.42 Å². The molecular formula is C12H11N3S. The van der Waals surface area contributed by atoms with E-state index >= 15 is 0 Å². The maximum Gasteiger partial charge on any atom is 0.112 e. The summed E-state index contributed by atoms with van der Waals surface area (Å²) in [6, 6.07) is 9.91. The van der Waals surface area contributed by atoms with Gasteiger partial charge in [-0.3, -0.25) is 0 Å². The fraction of sp³-hybridized carbons (Fsp3) is 0.0833. The van der Waals surface area contributed by atoms with Gasteiger partial charge in [-0.25, -0.2) is 4.98 Å². The highest BCUT2D eigenvalue weighted by atomic mass is 32.1. The van der Waals surface area contributed by atoms with Crippen molar-refractivity contribution in [1.82, 2.24) is 9.97 Å². The van der Waals surface area contributed by atoms with E-state index in [0.29, 0.717) is 0 Å². The van der Waals surface area contributed by atoms with E-state index in [1.165, 1.54) is 4.88 Å². The second-order valence-electron chi connectivity index (χ2n) is 3.72. The average molecular weight is 229 g/mol. The molecular weight excluding hydrogens is 218 g/mol. The van der Waals surface area contributed by atoms with Gasteiger partial charge in [-0.1, -0.05) is 6.07 Å². The molecule has 0 bridgehead atoms. The zero-order valence-corrected chi connectivity index (χ0v) is 9.42. The first-order valence-electron chi connectivity index (χ1n) is 5.08. The number of imidazole rings is 1. The van der Waals surface area contributed by atoms with Crippen molar-refractivity contribution in [2.24, 2.45) is 0 Å². The smallest absolute Gasteiger partial charge is 0.112 e. The van der Waals surface area contributed by atoms with E-state index in [0.717, 1.165) is 29.0 Å². The molecule has 0 saturated heterocycles. The lowest BCUT2D eigenvalue weighted by atomic mass is 10.3. The van der Waals surface area contributed by atoms with Crippen LogP contribution in [-0.2, 0) is 6.42 Å². The lowest BCUT2D eigenvalue weighted by Gasteiger charge is -1.91. The van der Waals surface area contributed by atoms with Crippen LogP contribution < -0.4 is 5.73 Å². The molecule has 0 aliphatic rings. The fourth-order valence-corrected chi connectivity index (χ4v) is 2.45. The number of benzene rings is 1. The Bertz CT molecular complexity index is 610. The van der Waals surface area contributed by atoms with Crippen molar-refractivity contribution in [3.63, 3.8) is 0 Å². The highest BCUT2D eigenvalue weighted by molar-refractivity contribution is 7.09. The van der Waals surface area contributed by atoms with Crippen molar-refractivity contribution >= 4 is 28.1 Å². The molecule has 3 nitrogen and oxygen atoms in total. The summed E-state index contributed by atoms with van der Waals surface area (Å²) in [5.74, 6) is 0.989. The van der Waals surface area contributed by atoms with Crippen LogP contribution in [0.3, 0.4) is 0 Å². The molecule has 3 rings (SSSR count). The number of nitrogen functional groups attached to an aromatic ring is 1. The van der Waals surface area contributed by atoms with E-state index in [1.54, 1.807) is 11.3 Å². The number of nitrogens with zero attached hydrogens (tertiary/aromatic N) is 1. The molecule has 0 saturated carbocycles. The van der Waals surface area contributed by atoms with Gasteiger partial charge in [0, 0.05) is 17.0 Å². The quantitative estimate of drug-likeness (QED) is 0.664. The number of nitrogens with two attached hydrogens (primary N) is 1. The van der Waals surface area contributed by atoms with Crippen LogP contribution in [0.1, 0.15) is 10.7 Å². The van der Waals surface area contributed by atoms with Gasteiger partial charge in [-0.15, -0.1) is 11.3 Å². The summed E-state index contributed by atoms with van der Waals surface area (Å²) in [5.41, 5.74) is 8.47. The van der Waals surface area contributed by atoms with Gasteiger partial charge in [0.15, 0.2) is 0 Å². The van der Waals surface area contributed by atoms with Crippen molar-refractivity contribution in [3.05, 3.63) is 46.4 Å². The molecule has 0 spiro atoms. The lowest BCUT2D eigenvalue weighted by molar-refractivity contribution is 1.06. The summed E-state index contributed by atoms with van der Waals surface area (Å²) in [6.45, 7) is 0. The molecule has 16 heavy (non-hydrogen) atoms. The van der Waals surface area contributed by atoms with E-state index in [2.05, 4.69) is 27.5 Å². The minimum absolute atomic E-state index is 0.763. The van der Waals surface area contributed by atoms with Crippen LogP contribution in [0.25, 0.3) is 11.0 Å². The van der Waals surface area contributed by atoms with Gasteiger partial charge in [0.25, 0.3) is 0 Å². The Hall–Kier alpha value is -1.81. The first-order chi connectivity index (χ1) is 7.81. The molecule has 0 atom stereocenters. The zero-order valence-electron chi connectivity index (χ0n) is 8.60. The van der Waals surface area contributed by atoms with Gasteiger partial charge in [0.2, 0.25) is 0 Å². The average Bonchev–Trinajstić information content (AvgIpc) is 2.86. The molecule has 3 aromatic rings. The Morgan fingerprint density at radius 1 is 1.31 bits per heavy atom. The van der Waals surface area contributed by atoms with Crippen LogP contribution in [0, 0.1) is 0 Å². The molecule has 80 valence electrons. The second-order valence-corrected chi connectivity index (χ2v) is 4.75. The summed E-state index contributed by atoms with van der Waals surface area (Å²) in [7, 11) is 0. The fourth-order valence-electron chi connectivity index (χ4n) is 1.74. The molecule has 1 aromatic carbocycles. The topological polar surface area (TPSA) is 54.7 Å². The van der Waals surface area contributed by atoms with Crippen LogP contribution in [0.5, 0.6) is 0 Å². The number of nitrogens with one attached hydrogen (secondary N) is 1. The van der Waals surface area contributed by atoms with Crippen LogP contribution in [0.2, 0.25) is 0 Å². The van der Waals surface area contributed by atoms with Gasteiger partial charge in [-0.2, -0.15) is 0 Å². The number of fused-ring (bicyclic) bond motifs is 1. The van der Waals surface area contributed by atoms with E-state index in [4.69, 9.17) is 5.73 Å². The lowest BCUT2D eigenvalue weighted by Crippen LogP contribution is -1.86. The molecule has 0 aliphatic carbocycles. The Balaban J connectivity index is 1.99. The van der Waals surface area contributed by atoms with Crippen LogP contribution in [0.15, 0.2) is 35.7 Å². The van der Waals surface area contributed by atoms with Crippen molar-refractivity contribution in [1.29, 1.82) is 0 Å². The van der Waals surface area contributed by atoms with E-state index in [-0.39, 0.29) is 0 Å². The maximum absolute atomic E-state index is 5.72. The molecule has 0 aliphatic heterocycles. The highest BCUT2D eigenvalue weighted by Gasteiger charge is 2.04. The van der Waals surface area contributed by atoms with Gasteiger partial charge >= 0.3 is 0 Å². The Kier molecular flexibility index (Phi) is 2.15. The Labute approximate surface area is 96.9 Å². The molecule has 3 N–H and O–H groups in total. The standard InChI is InChI=1S/C12H11N3S/c13-8-3-4-10-11(6-8)15-12(14-10)7-9-2-1-5-16-9/h1-6H,7,13H2,(H,14,15). The molecule has 0 amide bonds. The summed E-state index contributed by atoms with van der Waals surface area (Å²) >= 11 is 1.75. The minimum Gasteiger partial charge on any atom is -0.399 e. The number of thiophene rings is 1. The Morgan fingerprint density at radius 3 is 3.06 bits per heavy atom. The minimum atomic E-state index is 0.763. The number of H-pyrrole nitrogens is 1. The third kappa shape index (κ3) is 1.67. The number of aromatic amines is 1. The molecule has 0 radical (unpaired) electrons. The summed E-state index contributed by atoms with van der Waals surface area (Å²) < 4.78 is 0. The number of hydrogen-bond donors (Lipinski definition) is 2. The number of hydrogen-bond acceptors (Lipinski definition) is 3. The van der Waals surface area contributed by atoms with Gasteiger partial charge in [0.05, 0.1) is 11.0 Å². The molecule has 2 heterocycles. The number of rotatable bonds is 2. The van der Waals surface area contributed by atoms with E-state index in [9.17, 15) is 0 Å². The van der Waals surface area contributed by atoms with Gasteiger partial charge in [0.1, 0.15) is 5.82 Å². The van der Waals surface area contributed by atoms with Crippen molar-refractivity contribution < 1.29 is 0 Å². The predicted octanol–water partition coefficient (Wildman–Crippen LogP) is 2.80. The molecule has 2 aromatic heterocycles. The van der Waals surface area contributed by atoms with Gasteiger partial charge < -0.3 is 10.7 Å². The molecule has 0 unspecified atom stereocenters. The monoisotopic (exact) mass is 229 g/mol. The normalized spacial score (nSPS) is 11.0. The predicted molar refractivity (Wildman–Crippen MR) is 67.6 cm³/mol. The van der Waals surface area contributed by atoms with Crippen LogP contribution >= 0.6 is 11.3 Å². The first-order valence-corrected chi connectivity index (χ1v) is 5.96. The number of anilines is 1.